The van der Waals surface area contributed by atoms with Gasteiger partial charge >= 0.3 is 24.4 Å². The number of alkyl carbamates (subject to hydrolysis) is 2. The summed E-state index contributed by atoms with van der Waals surface area (Å²) in [6.45, 7) is 29.0. The number of amides is 4. The molecule has 2 aromatic carbocycles. The second kappa shape index (κ2) is 54.5. The second-order valence-electron chi connectivity index (χ2n) is 39.4. The Morgan fingerprint density at radius 1 is 0.425 bits per heavy atom. The number of fused-ring (bicyclic) bond motifs is 3. The van der Waals surface area contributed by atoms with Crippen molar-refractivity contribution in [3.05, 3.63) is 100 Å². The zero-order valence-electron chi connectivity index (χ0n) is 84.1. The summed E-state index contributed by atoms with van der Waals surface area (Å²) in [5, 5.41) is 32.0. The zero-order chi connectivity index (χ0) is 99.6. The van der Waals surface area contributed by atoms with Crippen molar-refractivity contribution in [1.29, 1.82) is 0 Å². The molecule has 5 fully saturated rings. The molecule has 5 saturated carbocycles. The van der Waals surface area contributed by atoms with E-state index in [9.17, 15) is 27.6 Å². The maximum Gasteiger partial charge on any atom is 0.412 e. The fourth-order valence-electron chi connectivity index (χ4n) is 15.1. The molecule has 5 aliphatic rings. The Hall–Kier alpha value is -8.61. The second-order valence-corrected chi connectivity index (χ2v) is 43.2. The SMILES string of the molecule is CC(C)(C)OC(=O)NC1CCC(N)CC1.CCc1cnn2c(Cl)nc(SC)nc12.CCc1cnn2c(NCc3cccc(NC(=O)OC(C)(C)C)c3)nc(S(C)(=O)=O)nc12.CCc1cnn2c(NCc3cccc(NC(=O)OC(C)(C)C)c3)nc(SC)nc12.CN(C)C1CCC(N)CC1.CN(C)C1CCC(N)CC1.CN(C)C1CCC(NC(=O)OC(C)(C)C)CC1.NC1CCC(N)CC1. The summed E-state index contributed by atoms with van der Waals surface area (Å²) in [5.74, 6) is 0.889. The molecule has 16 N–H and O–H groups in total. The minimum atomic E-state index is -3.60. The van der Waals surface area contributed by atoms with Crippen molar-refractivity contribution in [1.82, 2.24) is 84.1 Å². The molecule has 0 unspecified atom stereocenters. The Balaban J connectivity index is 0.000000246. The van der Waals surface area contributed by atoms with Crippen LogP contribution in [-0.4, -0.2) is 250 Å². The molecule has 8 aromatic rings. The number of hydrogen-bond acceptors (Lipinski definition) is 31. The Bertz CT molecular complexity index is 4980. The van der Waals surface area contributed by atoms with Crippen LogP contribution in [0.2, 0.25) is 5.28 Å². The summed E-state index contributed by atoms with van der Waals surface area (Å²) in [5.41, 5.74) is 34.8. The van der Waals surface area contributed by atoms with Gasteiger partial charge in [-0.25, -0.2) is 37.6 Å². The van der Waals surface area contributed by atoms with Crippen LogP contribution in [0.4, 0.5) is 42.4 Å². The smallest absolute Gasteiger partial charge is 0.412 e. The average molecular weight is 1950 g/mol. The lowest BCUT2D eigenvalue weighted by Gasteiger charge is -2.33. The van der Waals surface area contributed by atoms with Crippen LogP contribution in [0.1, 0.15) is 260 Å². The summed E-state index contributed by atoms with van der Waals surface area (Å²) < 4.78 is 49.8. The van der Waals surface area contributed by atoms with Gasteiger partial charge in [0, 0.05) is 108 Å². The summed E-state index contributed by atoms with van der Waals surface area (Å²) in [4.78, 5) is 79.8. The van der Waals surface area contributed by atoms with Crippen molar-refractivity contribution >= 4 is 110 Å². The predicted molar refractivity (Wildman–Crippen MR) is 540 cm³/mol. The van der Waals surface area contributed by atoms with E-state index in [1.54, 1.807) is 60.4 Å². The van der Waals surface area contributed by atoms with Crippen LogP contribution in [0.15, 0.2) is 82.6 Å². The summed E-state index contributed by atoms with van der Waals surface area (Å²) in [7, 11) is 9.25. The van der Waals surface area contributed by atoms with Crippen LogP contribution in [0, 0.1) is 0 Å². The van der Waals surface area contributed by atoms with Crippen molar-refractivity contribution in [2.75, 3.05) is 82.3 Å². The van der Waals surface area contributed by atoms with Crippen molar-refractivity contribution < 1.29 is 46.5 Å². The first-order chi connectivity index (χ1) is 62.8. The molecule has 0 radical (unpaired) electrons. The van der Waals surface area contributed by atoms with Gasteiger partial charge in [0.15, 0.2) is 27.3 Å². The lowest BCUT2D eigenvalue weighted by molar-refractivity contribution is 0.0475. The molecular weight excluding hydrogens is 1780 g/mol. The number of anilines is 4. The highest BCUT2D eigenvalue weighted by Gasteiger charge is 2.29. The fourth-order valence-corrected chi connectivity index (χ4v) is 16.5. The highest BCUT2D eigenvalue weighted by Crippen LogP contribution is 2.28. The number of benzene rings is 2. The van der Waals surface area contributed by atoms with Gasteiger partial charge in [-0.2, -0.15) is 48.8 Å². The third-order valence-electron chi connectivity index (χ3n) is 22.5. The number of sulfone groups is 1. The number of rotatable bonds is 19. The Morgan fingerprint density at radius 3 is 1.04 bits per heavy atom. The van der Waals surface area contributed by atoms with E-state index in [-0.39, 0.29) is 35.4 Å². The molecule has 13 rings (SSSR count). The molecule has 36 nitrogen and oxygen atoms in total. The standard InChI is InChI=1S/C20H26N6O4S.C20H26N6O2S.C13H26N2O2.C11H22N2O2.C8H9ClN4S.2C8H18N2.C6H14N2/c1-6-14-12-22-26-16(14)24-18(31(5,28)29)25-17(26)21-11-13-8-7-9-15(10-13)23-19(27)30-20(2,3)4;1-6-14-12-22-26-16(14)24-18(29-5)25-17(26)21-11-13-8-7-9-15(10-13)23-19(27)28-20(2,3)4;1-13(2,3)17-12(16)14-10-6-8-11(9-7-10)15(4)5;1-11(2,3)15-10(14)13-9-6-4-8(12)5-7-9;1-3-5-4-10-13-6(5)11-8(14-2)12-7(13)9;2*1-10(2)8-5-3-7(9)4-6-8;7-5-1-2-6(8)4-3-5/h7-10,12H,6,11H2,1-5H3,(H,23,27)(H,21,24,25);7-10,12H,6,11H2,1-5H3,(H,23,27)(H,21,24,25);10-11H,6-9H2,1-5H3,(H,14,16);8-9H,4-7,12H2,1-3H3,(H,13,14);4H,3H2,1-2H3;2*7-8H,3-6,9H2,1-2H3;5-6H,1-4,7-8H2. The van der Waals surface area contributed by atoms with Crippen molar-refractivity contribution in [3.63, 3.8) is 0 Å². The third kappa shape index (κ3) is 41.8. The van der Waals surface area contributed by atoms with E-state index >= 15 is 0 Å². The number of aryl methyl sites for hydroxylation is 3. The zero-order valence-corrected chi connectivity index (χ0v) is 87.3. The number of nitrogens with two attached hydrogens (primary N) is 5. The van der Waals surface area contributed by atoms with Crippen molar-refractivity contribution in [3.8, 4) is 0 Å². The molecule has 0 spiro atoms. The largest absolute Gasteiger partial charge is 0.444 e. The van der Waals surface area contributed by atoms with Gasteiger partial charge in [-0.3, -0.25) is 10.6 Å². The molecule has 134 heavy (non-hydrogen) atoms. The van der Waals surface area contributed by atoms with Gasteiger partial charge in [-0.05, 0) is 333 Å². The predicted octanol–water partition coefficient (Wildman–Crippen LogP) is 15.5. The van der Waals surface area contributed by atoms with Gasteiger partial charge in [0.2, 0.25) is 27.0 Å². The van der Waals surface area contributed by atoms with E-state index in [0.717, 1.165) is 147 Å². The first-order valence-electron chi connectivity index (χ1n) is 46.9. The topological polar surface area (TPSA) is 481 Å². The number of carbonyl (C=O) groups excluding carboxylic acids is 4. The minimum Gasteiger partial charge on any atom is -0.444 e. The lowest BCUT2D eigenvalue weighted by Crippen LogP contribution is -2.43. The fraction of sp³-hybridized carbons (Fsp3) is 0.670. The molecule has 750 valence electrons. The minimum absolute atomic E-state index is 0.236. The lowest BCUT2D eigenvalue weighted by atomic mass is 9.91. The van der Waals surface area contributed by atoms with Crippen molar-refractivity contribution in [2.45, 2.75) is 363 Å². The van der Waals surface area contributed by atoms with Crippen LogP contribution >= 0.6 is 35.1 Å². The van der Waals surface area contributed by atoms with E-state index in [4.69, 9.17) is 59.2 Å². The van der Waals surface area contributed by atoms with Gasteiger partial charge in [0.25, 0.3) is 5.16 Å². The Kier molecular flexibility index (Phi) is 46.4. The monoisotopic (exact) mass is 1940 g/mol. The van der Waals surface area contributed by atoms with Gasteiger partial charge in [0.05, 0.1) is 18.6 Å². The maximum absolute atomic E-state index is 12.0. The molecule has 40 heteroatoms. The summed E-state index contributed by atoms with van der Waals surface area (Å²) >= 11 is 8.91. The molecule has 6 heterocycles. The number of thioether (sulfide) groups is 2. The van der Waals surface area contributed by atoms with E-state index < -0.39 is 44.4 Å². The number of hydrogen-bond donors (Lipinski definition) is 11. The number of ether oxygens (including phenoxy) is 4. The van der Waals surface area contributed by atoms with Gasteiger partial charge in [-0.15, -0.1) is 0 Å². The molecule has 0 saturated heterocycles. The van der Waals surface area contributed by atoms with Crippen LogP contribution < -0.4 is 60.6 Å². The normalized spacial score (nSPS) is 20.3. The van der Waals surface area contributed by atoms with Crippen molar-refractivity contribution in [2.24, 2.45) is 28.7 Å². The van der Waals surface area contributed by atoms with Crippen LogP contribution in [-0.2, 0) is 61.1 Å². The summed E-state index contributed by atoms with van der Waals surface area (Å²) in [6, 6.07) is 19.7. The van der Waals surface area contributed by atoms with Gasteiger partial charge < -0.3 is 83.6 Å². The average Bonchev–Trinajstić information content (AvgIpc) is 1.63. The molecule has 0 bridgehead atoms. The van der Waals surface area contributed by atoms with E-state index in [1.807, 2.05) is 118 Å². The first kappa shape index (κ1) is 114. The molecule has 6 aromatic heterocycles. The maximum atomic E-state index is 12.0. The first-order valence-corrected chi connectivity index (χ1v) is 51.6. The van der Waals surface area contributed by atoms with E-state index in [1.165, 1.54) is 79.4 Å². The molecule has 4 amide bonds. The highest BCUT2D eigenvalue weighted by molar-refractivity contribution is 7.98. The van der Waals surface area contributed by atoms with E-state index in [0.29, 0.717) is 94.3 Å². The quantitative estimate of drug-likeness (QED) is 0.0264. The van der Waals surface area contributed by atoms with Gasteiger partial charge in [0.1, 0.15) is 22.4 Å². The number of halogens is 1. The Morgan fingerprint density at radius 2 is 0.716 bits per heavy atom. The Labute approximate surface area is 809 Å². The number of nitrogens with one attached hydrogen (secondary N) is 6. The molecule has 0 aliphatic heterocycles. The number of aromatic nitrogens is 12. The molecule has 5 aliphatic carbocycles. The van der Waals surface area contributed by atoms with E-state index in [2.05, 4.69) is 148 Å². The highest BCUT2D eigenvalue weighted by atomic mass is 35.5. The number of nitrogens with zero attached hydrogens (tertiary/aromatic N) is 15. The number of carbonyl (C=O) groups is 4. The van der Waals surface area contributed by atoms with Crippen LogP contribution in [0.3, 0.4) is 0 Å². The molecule has 0 atom stereocenters. The van der Waals surface area contributed by atoms with Crippen LogP contribution in [0.25, 0.3) is 16.9 Å². The molecular formula is C94H159ClN26O10S3. The van der Waals surface area contributed by atoms with Crippen LogP contribution in [0.5, 0.6) is 0 Å². The summed E-state index contributed by atoms with van der Waals surface area (Å²) in [6.07, 6.45) is 33.7. The third-order valence-corrected chi connectivity index (χ3v) is 24.7. The van der Waals surface area contributed by atoms with Gasteiger partial charge in [-0.1, -0.05) is 68.6 Å².